The second-order valence-corrected chi connectivity index (χ2v) is 3.24. The highest BCUT2D eigenvalue weighted by Gasteiger charge is 2.12. The summed E-state index contributed by atoms with van der Waals surface area (Å²) in [5.74, 6) is 1.71. The lowest BCUT2D eigenvalue weighted by molar-refractivity contribution is 0.104. The van der Waals surface area contributed by atoms with Gasteiger partial charge in [-0.25, -0.2) is 0 Å². The van der Waals surface area contributed by atoms with E-state index in [0.29, 0.717) is 24.9 Å². The average molecular weight is 223 g/mol. The molecule has 0 atom stereocenters. The zero-order valence-electron chi connectivity index (χ0n) is 8.97. The van der Waals surface area contributed by atoms with Crippen molar-refractivity contribution >= 4 is 0 Å². The summed E-state index contributed by atoms with van der Waals surface area (Å²) < 4.78 is 15.4. The largest absolute Gasteiger partial charge is 0.469 e. The van der Waals surface area contributed by atoms with Gasteiger partial charge in [-0.3, -0.25) is 0 Å². The van der Waals surface area contributed by atoms with E-state index in [1.165, 1.54) is 0 Å². The predicted molar refractivity (Wildman–Crippen MR) is 55.4 cm³/mol. The van der Waals surface area contributed by atoms with Crippen LogP contribution in [0, 0.1) is 6.92 Å². The number of furan rings is 1. The van der Waals surface area contributed by atoms with Crippen molar-refractivity contribution in [2.75, 3.05) is 13.2 Å². The first-order valence-electron chi connectivity index (χ1n) is 4.96. The molecular formula is C10H13N3O3. The van der Waals surface area contributed by atoms with Crippen LogP contribution in [0.15, 0.2) is 21.3 Å². The Hall–Kier alpha value is -1.66. The lowest BCUT2D eigenvalue weighted by Gasteiger charge is -1.95. The maximum Gasteiger partial charge on any atom is 0.252 e. The number of nitrogens with zero attached hydrogens (tertiary/aromatic N) is 2. The highest BCUT2D eigenvalue weighted by Crippen LogP contribution is 2.21. The molecule has 16 heavy (non-hydrogen) atoms. The van der Waals surface area contributed by atoms with Gasteiger partial charge in [0.25, 0.3) is 5.89 Å². The van der Waals surface area contributed by atoms with Gasteiger partial charge in [-0.1, -0.05) is 5.16 Å². The summed E-state index contributed by atoms with van der Waals surface area (Å²) in [7, 11) is 0. The zero-order valence-corrected chi connectivity index (χ0v) is 8.97. The fourth-order valence-electron chi connectivity index (χ4n) is 1.28. The first kappa shape index (κ1) is 10.8. The monoisotopic (exact) mass is 223 g/mol. The van der Waals surface area contributed by atoms with Crippen LogP contribution >= 0.6 is 0 Å². The Morgan fingerprint density at radius 2 is 2.38 bits per heavy atom. The molecule has 6 nitrogen and oxygen atoms in total. The lowest BCUT2D eigenvalue weighted by atomic mass is 10.2. The van der Waals surface area contributed by atoms with Crippen molar-refractivity contribution in [3.8, 4) is 11.4 Å². The fourth-order valence-corrected chi connectivity index (χ4v) is 1.28. The summed E-state index contributed by atoms with van der Waals surface area (Å²) in [5, 5.41) is 3.84. The third kappa shape index (κ3) is 2.29. The second-order valence-electron chi connectivity index (χ2n) is 3.24. The minimum atomic E-state index is 0.279. The van der Waals surface area contributed by atoms with Crippen LogP contribution in [0.3, 0.4) is 0 Å². The van der Waals surface area contributed by atoms with E-state index in [1.54, 1.807) is 12.3 Å². The molecule has 2 rings (SSSR count). The van der Waals surface area contributed by atoms with Gasteiger partial charge in [-0.05, 0) is 13.0 Å². The van der Waals surface area contributed by atoms with Gasteiger partial charge in [0, 0.05) is 6.54 Å². The third-order valence-corrected chi connectivity index (χ3v) is 2.06. The van der Waals surface area contributed by atoms with Crippen LogP contribution in [-0.2, 0) is 11.3 Å². The summed E-state index contributed by atoms with van der Waals surface area (Å²) in [6.07, 6.45) is 1.59. The number of nitrogens with two attached hydrogens (primary N) is 1. The molecule has 0 unspecified atom stereocenters. The van der Waals surface area contributed by atoms with E-state index in [1.807, 2.05) is 6.92 Å². The van der Waals surface area contributed by atoms with E-state index in [9.17, 15) is 0 Å². The Kier molecular flexibility index (Phi) is 3.33. The summed E-state index contributed by atoms with van der Waals surface area (Å²) in [4.78, 5) is 4.18. The lowest BCUT2D eigenvalue weighted by Crippen LogP contribution is -2.08. The third-order valence-electron chi connectivity index (χ3n) is 2.06. The Morgan fingerprint density at radius 1 is 1.50 bits per heavy atom. The van der Waals surface area contributed by atoms with Crippen LogP contribution in [0.25, 0.3) is 11.4 Å². The molecule has 2 N–H and O–H groups in total. The Balaban J connectivity index is 2.05. The van der Waals surface area contributed by atoms with E-state index in [2.05, 4.69) is 10.1 Å². The topological polar surface area (TPSA) is 87.3 Å². The Labute approximate surface area is 92.4 Å². The van der Waals surface area contributed by atoms with E-state index in [-0.39, 0.29) is 6.61 Å². The summed E-state index contributed by atoms with van der Waals surface area (Å²) in [6, 6.07) is 1.80. The molecule has 0 aliphatic rings. The number of aryl methyl sites for hydroxylation is 1. The molecule has 86 valence electrons. The standard InChI is InChI=1S/C10H13N3O3/c1-7-8(2-4-15-7)10-12-9(16-13-10)6-14-5-3-11/h2,4H,3,5-6,11H2,1H3. The molecular weight excluding hydrogens is 210 g/mol. The van der Waals surface area contributed by atoms with Crippen LogP contribution in [0.5, 0.6) is 0 Å². The SMILES string of the molecule is Cc1occc1-c1noc(COCCN)n1. The molecule has 0 radical (unpaired) electrons. The number of ether oxygens (including phenoxy) is 1. The van der Waals surface area contributed by atoms with Crippen molar-refractivity contribution in [1.29, 1.82) is 0 Å². The van der Waals surface area contributed by atoms with E-state index in [0.717, 1.165) is 11.3 Å². The molecule has 0 fully saturated rings. The van der Waals surface area contributed by atoms with Gasteiger partial charge in [0.2, 0.25) is 5.82 Å². The predicted octanol–water partition coefficient (Wildman–Crippen LogP) is 1.11. The molecule has 0 saturated carbocycles. The van der Waals surface area contributed by atoms with Gasteiger partial charge >= 0.3 is 0 Å². The molecule has 0 aliphatic heterocycles. The second kappa shape index (κ2) is 4.91. The molecule has 2 aromatic heterocycles. The quantitative estimate of drug-likeness (QED) is 0.764. The molecule has 2 heterocycles. The van der Waals surface area contributed by atoms with Crippen molar-refractivity contribution < 1.29 is 13.7 Å². The van der Waals surface area contributed by atoms with Crippen molar-refractivity contribution in [2.24, 2.45) is 5.73 Å². The van der Waals surface area contributed by atoms with Crippen LogP contribution < -0.4 is 5.73 Å². The smallest absolute Gasteiger partial charge is 0.252 e. The highest BCUT2D eigenvalue weighted by atomic mass is 16.5. The fraction of sp³-hybridized carbons (Fsp3) is 0.400. The molecule has 0 bridgehead atoms. The van der Waals surface area contributed by atoms with Crippen molar-refractivity contribution in [2.45, 2.75) is 13.5 Å². The summed E-state index contributed by atoms with van der Waals surface area (Å²) in [6.45, 7) is 3.07. The van der Waals surface area contributed by atoms with Gasteiger partial charge in [0.05, 0.1) is 18.4 Å². The van der Waals surface area contributed by atoms with Crippen LogP contribution in [0.2, 0.25) is 0 Å². The molecule has 0 spiro atoms. The maximum atomic E-state index is 5.29. The van der Waals surface area contributed by atoms with Gasteiger partial charge in [-0.2, -0.15) is 4.98 Å². The van der Waals surface area contributed by atoms with E-state index < -0.39 is 0 Å². The van der Waals surface area contributed by atoms with Crippen molar-refractivity contribution in [1.82, 2.24) is 10.1 Å². The van der Waals surface area contributed by atoms with Gasteiger partial charge < -0.3 is 19.4 Å². The van der Waals surface area contributed by atoms with E-state index in [4.69, 9.17) is 19.4 Å². The van der Waals surface area contributed by atoms with Crippen molar-refractivity contribution in [3.05, 3.63) is 24.0 Å². The number of aromatic nitrogens is 2. The molecule has 0 aliphatic carbocycles. The van der Waals surface area contributed by atoms with Gasteiger partial charge in [0.15, 0.2) is 0 Å². The highest BCUT2D eigenvalue weighted by molar-refractivity contribution is 5.55. The zero-order chi connectivity index (χ0) is 11.4. The average Bonchev–Trinajstić information content (AvgIpc) is 2.87. The minimum Gasteiger partial charge on any atom is -0.469 e. The minimum absolute atomic E-state index is 0.279. The maximum absolute atomic E-state index is 5.29. The Bertz CT molecular complexity index is 450. The molecule has 2 aromatic rings. The molecule has 0 amide bonds. The van der Waals surface area contributed by atoms with Gasteiger partial charge in [0.1, 0.15) is 12.4 Å². The van der Waals surface area contributed by atoms with Crippen LogP contribution in [-0.4, -0.2) is 23.3 Å². The van der Waals surface area contributed by atoms with Crippen molar-refractivity contribution in [3.63, 3.8) is 0 Å². The number of hydrogen-bond donors (Lipinski definition) is 1. The normalized spacial score (nSPS) is 10.9. The summed E-state index contributed by atoms with van der Waals surface area (Å²) in [5.41, 5.74) is 6.12. The molecule has 0 saturated heterocycles. The molecule has 0 aromatic carbocycles. The van der Waals surface area contributed by atoms with Gasteiger partial charge in [-0.15, -0.1) is 0 Å². The first-order chi connectivity index (χ1) is 7.81. The Morgan fingerprint density at radius 3 is 3.06 bits per heavy atom. The number of hydrogen-bond acceptors (Lipinski definition) is 6. The number of rotatable bonds is 5. The van der Waals surface area contributed by atoms with Crippen LogP contribution in [0.4, 0.5) is 0 Å². The first-order valence-corrected chi connectivity index (χ1v) is 4.96. The molecule has 6 heteroatoms. The summed E-state index contributed by atoms with van der Waals surface area (Å²) >= 11 is 0. The van der Waals surface area contributed by atoms with Crippen LogP contribution in [0.1, 0.15) is 11.7 Å². The van der Waals surface area contributed by atoms with E-state index >= 15 is 0 Å².